The maximum Gasteiger partial charge on any atom is 0.283 e. The van der Waals surface area contributed by atoms with Crippen LogP contribution in [0.15, 0.2) is 52.1 Å². The molecule has 1 aliphatic carbocycles. The number of benzene rings is 2. The number of para-hydroxylation sites is 1. The van der Waals surface area contributed by atoms with Crippen molar-refractivity contribution in [3.05, 3.63) is 56.7 Å². The Morgan fingerprint density at radius 2 is 1.83 bits per heavy atom. The van der Waals surface area contributed by atoms with E-state index in [4.69, 9.17) is 24.7 Å². The van der Waals surface area contributed by atoms with Crippen LogP contribution >= 0.6 is 34.4 Å². The van der Waals surface area contributed by atoms with Gasteiger partial charge in [-0.1, -0.05) is 58.2 Å². The number of carbonyl (C=O) groups excluding carboxylic acids is 1. The fourth-order valence-electron chi connectivity index (χ4n) is 5.16. The first-order valence-corrected chi connectivity index (χ1v) is 15.8. The Morgan fingerprint density at radius 3 is 2.56 bits per heavy atom. The van der Waals surface area contributed by atoms with Crippen LogP contribution in [0.4, 0.5) is 0 Å². The zero-order valence-electron chi connectivity index (χ0n) is 23.8. The number of hydrogen-bond acceptors (Lipinski definition) is 7. The molecule has 216 valence electrons. The van der Waals surface area contributed by atoms with Gasteiger partial charge in [-0.25, -0.2) is 0 Å². The van der Waals surface area contributed by atoms with E-state index in [1.165, 1.54) is 36.0 Å². The number of rotatable bonds is 8. The molecular weight excluding hydrogens is 651 g/mol. The van der Waals surface area contributed by atoms with Gasteiger partial charge in [-0.3, -0.25) is 10.2 Å². The van der Waals surface area contributed by atoms with Crippen molar-refractivity contribution >= 4 is 62.4 Å². The van der Waals surface area contributed by atoms with Crippen LogP contribution in [0.3, 0.4) is 0 Å². The van der Waals surface area contributed by atoms with E-state index < -0.39 is 5.91 Å². The van der Waals surface area contributed by atoms with Crippen molar-refractivity contribution in [1.29, 1.82) is 5.41 Å². The van der Waals surface area contributed by atoms with E-state index in [-0.39, 0.29) is 16.8 Å². The number of fused-ring (bicyclic) bond motifs is 1. The van der Waals surface area contributed by atoms with E-state index in [0.29, 0.717) is 41.4 Å². The van der Waals surface area contributed by atoms with Crippen molar-refractivity contribution in [2.24, 2.45) is 16.0 Å². The quantitative estimate of drug-likeness (QED) is 0.179. The van der Waals surface area contributed by atoms with Crippen molar-refractivity contribution < 1.29 is 19.0 Å². The maximum atomic E-state index is 13.0. The number of nitrogens with zero attached hydrogens (tertiary/aromatic N) is 3. The third kappa shape index (κ3) is 6.63. The van der Waals surface area contributed by atoms with E-state index in [2.05, 4.69) is 54.4 Å². The number of hydrogen-bond donors (Lipinski definition) is 1. The molecule has 2 aromatic carbocycles. The summed E-state index contributed by atoms with van der Waals surface area (Å²) >= 11 is 3.62. The first-order valence-electron chi connectivity index (χ1n) is 13.9. The van der Waals surface area contributed by atoms with E-state index in [1.54, 1.807) is 19.3 Å². The lowest BCUT2D eigenvalue weighted by Crippen LogP contribution is -2.35. The lowest BCUT2D eigenvalue weighted by molar-refractivity contribution is -0.114. The number of carbonyl (C=O) groups is 1. The van der Waals surface area contributed by atoms with Crippen LogP contribution in [-0.2, 0) is 10.2 Å². The molecule has 0 spiro atoms. The van der Waals surface area contributed by atoms with E-state index in [0.717, 1.165) is 32.8 Å². The molecule has 0 radical (unpaired) electrons. The molecule has 0 aromatic heterocycles. The van der Waals surface area contributed by atoms with Crippen molar-refractivity contribution in [3.8, 4) is 17.2 Å². The average Bonchev–Trinajstić information content (AvgIpc) is 3.38. The zero-order chi connectivity index (χ0) is 29.1. The molecule has 0 saturated heterocycles. The second-order valence-electron chi connectivity index (χ2n) is 11.3. The number of thioether (sulfide) groups is 1. The number of aliphatic imine (C=N–C) groups is 1. The molecular formula is C31H35IN4O4S. The van der Waals surface area contributed by atoms with Crippen LogP contribution in [0, 0.1) is 14.9 Å². The van der Waals surface area contributed by atoms with Crippen LogP contribution in [0.5, 0.6) is 17.2 Å². The number of hydrazone groups is 1. The number of halogens is 1. The molecule has 0 atom stereocenters. The summed E-state index contributed by atoms with van der Waals surface area (Å²) < 4.78 is 18.6. The molecule has 2 heterocycles. The van der Waals surface area contributed by atoms with Crippen molar-refractivity contribution in [1.82, 2.24) is 5.01 Å². The number of nitrogens with one attached hydrogen (secondary N) is 1. The topological polar surface area (TPSA) is 96.6 Å². The number of amides is 1. The highest BCUT2D eigenvalue weighted by atomic mass is 127. The third-order valence-electron chi connectivity index (χ3n) is 7.27. The zero-order valence-corrected chi connectivity index (χ0v) is 26.8. The Balaban J connectivity index is 1.29. The van der Waals surface area contributed by atoms with Crippen LogP contribution < -0.4 is 14.2 Å². The molecule has 1 fully saturated rings. The minimum absolute atomic E-state index is 0.0268. The van der Waals surface area contributed by atoms with Crippen LogP contribution in [-0.4, -0.2) is 47.3 Å². The monoisotopic (exact) mass is 686 g/mol. The van der Waals surface area contributed by atoms with Crippen LogP contribution in [0.25, 0.3) is 6.08 Å². The normalized spacial score (nSPS) is 18.8. The molecule has 2 aliphatic heterocycles. The van der Waals surface area contributed by atoms with Gasteiger partial charge in [-0.05, 0) is 88.0 Å². The SMILES string of the molecule is COc1cc(/C=C2/C(=N)N3N=C(C4CCCCC4)SC3=NC2=O)cc(I)c1OCCOc1ccccc1C(C)(C)C. The smallest absolute Gasteiger partial charge is 0.283 e. The Kier molecular flexibility index (Phi) is 9.08. The molecule has 0 unspecified atom stereocenters. The average molecular weight is 687 g/mol. The molecule has 5 rings (SSSR count). The van der Waals surface area contributed by atoms with Gasteiger partial charge >= 0.3 is 0 Å². The summed E-state index contributed by atoms with van der Waals surface area (Å²) in [4.78, 5) is 17.2. The standard InChI is InChI=1S/C31H35IN4O4S/c1-31(2,3)22-12-8-9-13-24(22)39-14-15-40-26-23(32)17-19(18-25(26)38-4)16-21-27(33)36-30(34-28(21)37)41-29(35-36)20-10-6-5-7-11-20/h8-9,12-13,16-18,20,33H,5-7,10-11,14-15H2,1-4H3/b21-16-,33-27?. The molecule has 2 aromatic rings. The minimum Gasteiger partial charge on any atom is -0.493 e. The van der Waals surface area contributed by atoms with E-state index in [9.17, 15) is 4.79 Å². The predicted octanol–water partition coefficient (Wildman–Crippen LogP) is 7.25. The first kappa shape index (κ1) is 29.6. The van der Waals surface area contributed by atoms with Gasteiger partial charge in [0.2, 0.25) is 5.17 Å². The van der Waals surface area contributed by atoms with Crippen LogP contribution in [0.1, 0.15) is 64.0 Å². The molecule has 1 N–H and O–H groups in total. The van der Waals surface area contributed by atoms with Gasteiger partial charge in [0.1, 0.15) is 24.0 Å². The Hall–Kier alpha value is -2.86. The maximum absolute atomic E-state index is 13.0. The van der Waals surface area contributed by atoms with Gasteiger partial charge in [0.05, 0.1) is 16.3 Å². The van der Waals surface area contributed by atoms with E-state index >= 15 is 0 Å². The number of ether oxygens (including phenoxy) is 3. The first-order chi connectivity index (χ1) is 19.7. The fraction of sp³-hybridized carbons (Fsp3) is 0.419. The summed E-state index contributed by atoms with van der Waals surface area (Å²) in [6, 6.07) is 11.8. The van der Waals surface area contributed by atoms with E-state index in [1.807, 2.05) is 24.3 Å². The summed E-state index contributed by atoms with van der Waals surface area (Å²) in [7, 11) is 1.58. The van der Waals surface area contributed by atoms with Crippen molar-refractivity contribution in [2.75, 3.05) is 20.3 Å². The number of methoxy groups -OCH3 is 1. The van der Waals surface area contributed by atoms with Crippen LogP contribution in [0.2, 0.25) is 0 Å². The highest BCUT2D eigenvalue weighted by molar-refractivity contribution is 14.1. The Labute approximate surface area is 259 Å². The molecule has 1 amide bonds. The molecule has 41 heavy (non-hydrogen) atoms. The minimum atomic E-state index is -0.434. The van der Waals surface area contributed by atoms with Gasteiger partial charge in [0, 0.05) is 5.92 Å². The van der Waals surface area contributed by atoms with Gasteiger partial charge in [-0.15, -0.1) is 0 Å². The highest BCUT2D eigenvalue weighted by Gasteiger charge is 2.38. The summed E-state index contributed by atoms with van der Waals surface area (Å²) in [5.74, 6) is 1.98. The molecule has 10 heteroatoms. The van der Waals surface area contributed by atoms with Gasteiger partial charge in [0.15, 0.2) is 17.3 Å². The molecule has 3 aliphatic rings. The summed E-state index contributed by atoms with van der Waals surface area (Å²) in [6.45, 7) is 7.20. The van der Waals surface area contributed by atoms with Gasteiger partial charge in [0.25, 0.3) is 5.91 Å². The lowest BCUT2D eigenvalue weighted by atomic mass is 9.86. The predicted molar refractivity (Wildman–Crippen MR) is 173 cm³/mol. The Morgan fingerprint density at radius 1 is 1.10 bits per heavy atom. The Bertz CT molecular complexity index is 1440. The van der Waals surface area contributed by atoms with Crippen molar-refractivity contribution in [3.63, 3.8) is 0 Å². The molecule has 8 nitrogen and oxygen atoms in total. The summed E-state index contributed by atoms with van der Waals surface area (Å²) in [6.07, 6.45) is 7.50. The highest BCUT2D eigenvalue weighted by Crippen LogP contribution is 2.38. The fourth-order valence-corrected chi connectivity index (χ4v) is 7.00. The molecule has 1 saturated carbocycles. The van der Waals surface area contributed by atoms with Crippen molar-refractivity contribution in [2.45, 2.75) is 58.3 Å². The largest absolute Gasteiger partial charge is 0.493 e. The third-order valence-corrected chi connectivity index (χ3v) is 9.14. The second kappa shape index (κ2) is 12.6. The summed E-state index contributed by atoms with van der Waals surface area (Å²) in [5.41, 5.74) is 2.03. The van der Waals surface area contributed by atoms with Gasteiger partial charge < -0.3 is 14.2 Å². The molecule has 0 bridgehead atoms. The number of amidine groups is 2. The summed E-state index contributed by atoms with van der Waals surface area (Å²) in [5, 5.41) is 16.4. The lowest BCUT2D eigenvalue weighted by Gasteiger charge is -2.22. The van der Waals surface area contributed by atoms with Gasteiger partial charge in [-0.2, -0.15) is 15.1 Å². The second-order valence-corrected chi connectivity index (χ2v) is 13.4.